The number of likely N-dealkylation sites (tertiary alicyclic amines) is 1. The minimum absolute atomic E-state index is 0.139. The second kappa shape index (κ2) is 10.4. The zero-order valence-corrected chi connectivity index (χ0v) is 17.1. The highest BCUT2D eigenvalue weighted by Gasteiger charge is 2.21. The van der Waals surface area contributed by atoms with Crippen molar-refractivity contribution >= 4 is 16.7 Å². The zero-order valence-electron chi connectivity index (χ0n) is 17.1. The summed E-state index contributed by atoms with van der Waals surface area (Å²) in [4.78, 5) is 14.4. The number of amides is 1. The molecule has 1 aliphatic rings. The number of hydrogen-bond donors (Lipinski definition) is 1. The molecule has 1 aliphatic heterocycles. The molecule has 2 aromatic rings. The fraction of sp³-hybridized carbons (Fsp3) is 0.522. The molecule has 0 aromatic heterocycles. The van der Waals surface area contributed by atoms with Crippen LogP contribution in [0.5, 0.6) is 5.75 Å². The Hall–Kier alpha value is -2.11. The second-order valence-electron chi connectivity index (χ2n) is 7.57. The van der Waals surface area contributed by atoms with Gasteiger partial charge >= 0.3 is 0 Å². The molecule has 0 aliphatic carbocycles. The topological polar surface area (TPSA) is 50.8 Å². The predicted octanol–water partition coefficient (Wildman–Crippen LogP) is 3.60. The van der Waals surface area contributed by atoms with Gasteiger partial charge in [0.2, 0.25) is 5.91 Å². The van der Waals surface area contributed by atoms with E-state index < -0.39 is 0 Å². The zero-order chi connectivity index (χ0) is 19.8. The van der Waals surface area contributed by atoms with Crippen LogP contribution in [0.4, 0.5) is 0 Å². The van der Waals surface area contributed by atoms with Gasteiger partial charge in [-0.2, -0.15) is 0 Å². The van der Waals surface area contributed by atoms with E-state index in [-0.39, 0.29) is 5.91 Å². The molecule has 0 saturated carbocycles. The monoisotopic (exact) mass is 384 g/mol. The highest BCUT2D eigenvalue weighted by molar-refractivity contribution is 5.87. The molecule has 5 nitrogen and oxygen atoms in total. The Kier molecular flexibility index (Phi) is 7.69. The number of piperidine rings is 1. The normalized spacial score (nSPS) is 15.6. The highest BCUT2D eigenvalue weighted by atomic mass is 16.5. The first kappa shape index (κ1) is 20.6. The predicted molar refractivity (Wildman–Crippen MR) is 113 cm³/mol. The number of carbonyl (C=O) groups excluding carboxylic acids is 1. The van der Waals surface area contributed by atoms with Crippen molar-refractivity contribution in [1.82, 2.24) is 10.2 Å². The molecule has 0 unspecified atom stereocenters. The Morgan fingerprint density at radius 1 is 1.14 bits per heavy atom. The van der Waals surface area contributed by atoms with E-state index in [2.05, 4.69) is 46.6 Å². The van der Waals surface area contributed by atoms with Crippen molar-refractivity contribution < 1.29 is 14.3 Å². The van der Waals surface area contributed by atoms with Crippen molar-refractivity contribution in [3.05, 3.63) is 42.0 Å². The van der Waals surface area contributed by atoms with Gasteiger partial charge in [0, 0.05) is 32.2 Å². The maximum Gasteiger partial charge on any atom is 0.220 e. The molecule has 1 fully saturated rings. The Labute approximate surface area is 168 Å². The van der Waals surface area contributed by atoms with Gasteiger partial charge in [0.1, 0.15) is 5.75 Å². The van der Waals surface area contributed by atoms with Crippen LogP contribution in [0.15, 0.2) is 36.4 Å². The van der Waals surface area contributed by atoms with Gasteiger partial charge < -0.3 is 14.8 Å². The number of nitrogens with zero attached hydrogens (tertiary/aromatic N) is 1. The Bertz CT molecular complexity index is 770. The van der Waals surface area contributed by atoms with Gasteiger partial charge in [0.25, 0.3) is 0 Å². The average molecular weight is 385 g/mol. The molecule has 0 radical (unpaired) electrons. The average Bonchev–Trinajstić information content (AvgIpc) is 2.73. The van der Waals surface area contributed by atoms with Crippen molar-refractivity contribution in [2.24, 2.45) is 5.92 Å². The van der Waals surface area contributed by atoms with Crippen molar-refractivity contribution in [2.75, 3.05) is 40.5 Å². The van der Waals surface area contributed by atoms with Crippen molar-refractivity contribution in [2.45, 2.75) is 32.2 Å². The van der Waals surface area contributed by atoms with Crippen LogP contribution in [0, 0.1) is 5.92 Å². The lowest BCUT2D eigenvalue weighted by atomic mass is 9.91. The highest BCUT2D eigenvalue weighted by Crippen LogP contribution is 2.31. The molecule has 0 bridgehead atoms. The van der Waals surface area contributed by atoms with E-state index in [9.17, 15) is 4.79 Å². The number of hydrogen-bond acceptors (Lipinski definition) is 4. The van der Waals surface area contributed by atoms with E-state index in [0.717, 1.165) is 44.6 Å². The SMILES string of the molecule is COCCNC(=O)CCC1CCN(Cc2c(OC)ccc3ccccc23)CC1. The van der Waals surface area contributed by atoms with E-state index in [0.29, 0.717) is 25.5 Å². The smallest absolute Gasteiger partial charge is 0.220 e. The van der Waals surface area contributed by atoms with E-state index in [4.69, 9.17) is 9.47 Å². The summed E-state index contributed by atoms with van der Waals surface area (Å²) in [6.45, 7) is 4.22. The van der Waals surface area contributed by atoms with Gasteiger partial charge in [-0.15, -0.1) is 0 Å². The summed E-state index contributed by atoms with van der Waals surface area (Å²) in [6.07, 6.45) is 3.90. The van der Waals surface area contributed by atoms with Gasteiger partial charge in [0.15, 0.2) is 0 Å². The van der Waals surface area contributed by atoms with E-state index in [1.54, 1.807) is 14.2 Å². The Morgan fingerprint density at radius 3 is 2.68 bits per heavy atom. The first-order chi connectivity index (χ1) is 13.7. The van der Waals surface area contributed by atoms with E-state index in [1.165, 1.54) is 16.3 Å². The maximum atomic E-state index is 11.9. The quantitative estimate of drug-likeness (QED) is 0.671. The lowest BCUT2D eigenvalue weighted by Crippen LogP contribution is -2.34. The third-order valence-electron chi connectivity index (χ3n) is 5.71. The van der Waals surface area contributed by atoms with Gasteiger partial charge in [-0.3, -0.25) is 9.69 Å². The number of fused-ring (bicyclic) bond motifs is 1. The third-order valence-corrected chi connectivity index (χ3v) is 5.71. The summed E-state index contributed by atoms with van der Waals surface area (Å²) in [6, 6.07) is 12.7. The molecule has 3 rings (SSSR count). The molecular weight excluding hydrogens is 352 g/mol. The number of benzene rings is 2. The summed E-state index contributed by atoms with van der Waals surface area (Å²) in [7, 11) is 3.39. The molecule has 1 heterocycles. The van der Waals surface area contributed by atoms with Crippen LogP contribution in [-0.4, -0.2) is 51.3 Å². The molecule has 5 heteroatoms. The summed E-state index contributed by atoms with van der Waals surface area (Å²) in [5, 5.41) is 5.44. The first-order valence-electron chi connectivity index (χ1n) is 10.2. The molecular formula is C23H32N2O3. The lowest BCUT2D eigenvalue weighted by molar-refractivity contribution is -0.121. The lowest BCUT2D eigenvalue weighted by Gasteiger charge is -2.32. The molecule has 0 atom stereocenters. The van der Waals surface area contributed by atoms with Gasteiger partial charge in [-0.25, -0.2) is 0 Å². The summed E-state index contributed by atoms with van der Waals surface area (Å²) < 4.78 is 10.6. The van der Waals surface area contributed by atoms with Crippen LogP contribution >= 0.6 is 0 Å². The van der Waals surface area contributed by atoms with Crippen molar-refractivity contribution in [3.63, 3.8) is 0 Å². The number of methoxy groups -OCH3 is 2. The molecule has 1 saturated heterocycles. The van der Waals surface area contributed by atoms with Crippen LogP contribution in [0.3, 0.4) is 0 Å². The maximum absolute atomic E-state index is 11.9. The standard InChI is InChI=1S/C23H32N2O3/c1-27-16-13-24-23(26)10-7-18-11-14-25(15-12-18)17-21-20-6-4-3-5-19(20)8-9-22(21)28-2/h3-6,8-9,18H,7,10-17H2,1-2H3,(H,24,26). The third kappa shape index (κ3) is 5.46. The largest absolute Gasteiger partial charge is 0.496 e. The van der Waals surface area contributed by atoms with Crippen LogP contribution in [-0.2, 0) is 16.1 Å². The van der Waals surface area contributed by atoms with Crippen LogP contribution < -0.4 is 10.1 Å². The van der Waals surface area contributed by atoms with Crippen molar-refractivity contribution in [1.29, 1.82) is 0 Å². The molecule has 1 amide bonds. The fourth-order valence-corrected chi connectivity index (χ4v) is 4.04. The summed E-state index contributed by atoms with van der Waals surface area (Å²) in [5.74, 6) is 1.74. The Balaban J connectivity index is 1.51. The minimum atomic E-state index is 0.139. The first-order valence-corrected chi connectivity index (χ1v) is 10.2. The number of rotatable bonds is 9. The number of carbonyl (C=O) groups is 1. The molecule has 28 heavy (non-hydrogen) atoms. The van der Waals surface area contributed by atoms with E-state index >= 15 is 0 Å². The fourth-order valence-electron chi connectivity index (χ4n) is 4.04. The number of ether oxygens (including phenoxy) is 2. The second-order valence-corrected chi connectivity index (χ2v) is 7.57. The van der Waals surface area contributed by atoms with E-state index in [1.807, 2.05) is 0 Å². The van der Waals surface area contributed by atoms with Crippen molar-refractivity contribution in [3.8, 4) is 5.75 Å². The van der Waals surface area contributed by atoms with Gasteiger partial charge in [0.05, 0.1) is 13.7 Å². The van der Waals surface area contributed by atoms with Crippen LogP contribution in [0.2, 0.25) is 0 Å². The minimum Gasteiger partial charge on any atom is -0.496 e. The van der Waals surface area contributed by atoms with Crippen LogP contribution in [0.25, 0.3) is 10.8 Å². The molecule has 152 valence electrons. The van der Waals surface area contributed by atoms with Gasteiger partial charge in [-0.05, 0) is 55.1 Å². The van der Waals surface area contributed by atoms with Gasteiger partial charge in [-0.1, -0.05) is 30.3 Å². The summed E-state index contributed by atoms with van der Waals surface area (Å²) in [5.41, 5.74) is 1.27. The van der Waals surface area contributed by atoms with Crippen LogP contribution in [0.1, 0.15) is 31.2 Å². The Morgan fingerprint density at radius 2 is 1.93 bits per heavy atom. The summed E-state index contributed by atoms with van der Waals surface area (Å²) >= 11 is 0. The number of nitrogens with one attached hydrogen (secondary N) is 1. The molecule has 0 spiro atoms. The molecule has 2 aromatic carbocycles. The molecule has 1 N–H and O–H groups in total.